The maximum atomic E-state index is 13.7. The second-order valence-electron chi connectivity index (χ2n) is 11.9. The molecule has 5 N–H and O–H groups in total. The van der Waals surface area contributed by atoms with Crippen LogP contribution >= 0.6 is 0 Å². The Bertz CT molecular complexity index is 1810. The summed E-state index contributed by atoms with van der Waals surface area (Å²) in [4.78, 5) is 56.0. The predicted molar refractivity (Wildman–Crippen MR) is 167 cm³/mol. The number of rotatable bonds is 12. The van der Waals surface area contributed by atoms with Gasteiger partial charge in [0.2, 0.25) is 5.60 Å². The van der Waals surface area contributed by atoms with Gasteiger partial charge in [-0.2, -0.15) is 0 Å². The highest BCUT2D eigenvalue weighted by Gasteiger charge is 2.50. The molecular weight excluding hydrogens is 646 g/mol. The molecule has 0 aliphatic carbocycles. The van der Waals surface area contributed by atoms with Crippen LogP contribution in [0.1, 0.15) is 42.9 Å². The lowest BCUT2D eigenvalue weighted by atomic mass is 9.85. The summed E-state index contributed by atoms with van der Waals surface area (Å²) in [6.45, 7) is 1.13. The van der Waals surface area contributed by atoms with Gasteiger partial charge in [-0.15, -0.1) is 0 Å². The molecule has 6 atom stereocenters. The zero-order chi connectivity index (χ0) is 34.9. The van der Waals surface area contributed by atoms with E-state index >= 15 is 0 Å². The molecule has 1 saturated heterocycles. The van der Waals surface area contributed by atoms with E-state index in [1.165, 1.54) is 0 Å². The van der Waals surface area contributed by atoms with Crippen LogP contribution in [-0.4, -0.2) is 100 Å². The van der Waals surface area contributed by atoms with Crippen LogP contribution in [0.3, 0.4) is 0 Å². The van der Waals surface area contributed by atoms with E-state index in [0.29, 0.717) is 23.5 Å². The molecule has 2 aromatic heterocycles. The quantitative estimate of drug-likeness (QED) is 0.0898. The predicted octanol–water partition coefficient (Wildman–Crippen LogP) is 0.347. The van der Waals surface area contributed by atoms with Crippen molar-refractivity contribution < 1.29 is 58.1 Å². The summed E-state index contributed by atoms with van der Waals surface area (Å²) in [7, 11) is 0. The minimum Gasteiger partial charge on any atom is -0.457 e. The first-order chi connectivity index (χ1) is 23.6. The van der Waals surface area contributed by atoms with Crippen molar-refractivity contribution in [2.45, 2.75) is 75.6 Å². The number of aromatic nitrogens is 2. The molecule has 0 radical (unpaired) electrons. The summed E-state index contributed by atoms with van der Waals surface area (Å²) < 4.78 is 33.9. The summed E-state index contributed by atoms with van der Waals surface area (Å²) in [6, 6.07) is 11.3. The van der Waals surface area contributed by atoms with Gasteiger partial charge >= 0.3 is 18.0 Å². The molecule has 3 aromatic rings. The molecule has 0 unspecified atom stereocenters. The molecule has 0 bridgehead atoms. The van der Waals surface area contributed by atoms with E-state index in [1.807, 2.05) is 30.3 Å². The summed E-state index contributed by atoms with van der Waals surface area (Å²) in [5.41, 5.74) is 6.19. The topological polar surface area (TPSA) is 228 Å². The number of ether oxygens (including phenoxy) is 6. The first-order valence-electron chi connectivity index (χ1n) is 15.9. The van der Waals surface area contributed by atoms with Crippen LogP contribution in [0.4, 0.5) is 4.79 Å². The molecule has 16 nitrogen and oxygen atoms in total. The van der Waals surface area contributed by atoms with Gasteiger partial charge in [0, 0.05) is 29.5 Å². The Labute approximate surface area is 279 Å². The third-order valence-corrected chi connectivity index (χ3v) is 8.93. The van der Waals surface area contributed by atoms with E-state index in [4.69, 9.17) is 39.1 Å². The van der Waals surface area contributed by atoms with E-state index < -0.39 is 60.9 Å². The number of cyclic esters (lactones) is 1. The van der Waals surface area contributed by atoms with Gasteiger partial charge in [-0.05, 0) is 31.0 Å². The van der Waals surface area contributed by atoms with Crippen molar-refractivity contribution in [2.75, 3.05) is 26.4 Å². The van der Waals surface area contributed by atoms with Crippen molar-refractivity contribution in [3.63, 3.8) is 0 Å². The van der Waals surface area contributed by atoms with Crippen molar-refractivity contribution >= 4 is 28.9 Å². The second-order valence-corrected chi connectivity index (χ2v) is 11.9. The van der Waals surface area contributed by atoms with Gasteiger partial charge in [0.1, 0.15) is 24.9 Å². The maximum absolute atomic E-state index is 13.7. The lowest BCUT2D eigenvalue weighted by Crippen LogP contribution is -2.60. The summed E-state index contributed by atoms with van der Waals surface area (Å²) in [5.74, 6) is -1.45. The number of benzene rings is 1. The number of amides is 1. The Morgan fingerprint density at radius 1 is 1.12 bits per heavy atom. The number of hydrogen-bond acceptors (Lipinski definition) is 14. The van der Waals surface area contributed by atoms with Crippen LogP contribution in [0.2, 0.25) is 0 Å². The van der Waals surface area contributed by atoms with Gasteiger partial charge < -0.3 is 54.0 Å². The molecule has 1 aromatic carbocycles. The van der Waals surface area contributed by atoms with E-state index in [2.05, 4.69) is 0 Å². The lowest BCUT2D eigenvalue weighted by molar-refractivity contribution is -0.301. The van der Waals surface area contributed by atoms with Crippen LogP contribution in [-0.2, 0) is 56.8 Å². The van der Waals surface area contributed by atoms with Gasteiger partial charge in [-0.25, -0.2) is 14.6 Å². The average Bonchev–Trinajstić information content (AvgIpc) is 3.44. The first-order valence-corrected chi connectivity index (χ1v) is 15.9. The third-order valence-electron chi connectivity index (χ3n) is 8.93. The van der Waals surface area contributed by atoms with Crippen LogP contribution < -0.4 is 11.3 Å². The second kappa shape index (κ2) is 14.2. The zero-order valence-corrected chi connectivity index (χ0v) is 26.6. The fourth-order valence-electron chi connectivity index (χ4n) is 6.44. The highest BCUT2D eigenvalue weighted by molar-refractivity contribution is 5.88. The number of aliphatic hydroxyl groups is 3. The molecule has 3 aliphatic rings. The smallest absolute Gasteiger partial charge is 0.404 e. The fraction of sp³-hybridized carbons (Fsp3) is 0.485. The van der Waals surface area contributed by atoms with Crippen molar-refractivity contribution in [2.24, 2.45) is 5.73 Å². The molecule has 16 heteroatoms. The maximum Gasteiger partial charge on any atom is 0.404 e. The number of primary amides is 1. The number of nitrogens with two attached hydrogens (primary N) is 1. The molecular formula is C33H37N3O13. The number of aliphatic hydroxyl groups excluding tert-OH is 3. The number of esters is 2. The van der Waals surface area contributed by atoms with E-state index in [9.17, 15) is 34.5 Å². The third kappa shape index (κ3) is 6.50. The number of fused-ring (bicyclic) bond motifs is 5. The van der Waals surface area contributed by atoms with Crippen LogP contribution in [0.25, 0.3) is 22.3 Å². The molecule has 3 aliphatic heterocycles. The van der Waals surface area contributed by atoms with E-state index in [1.54, 1.807) is 17.6 Å². The Hall–Kier alpha value is -4.45. The Morgan fingerprint density at radius 3 is 2.67 bits per heavy atom. The molecule has 49 heavy (non-hydrogen) atoms. The summed E-state index contributed by atoms with van der Waals surface area (Å²) in [5, 5.41) is 30.9. The van der Waals surface area contributed by atoms with Gasteiger partial charge in [-0.1, -0.05) is 25.1 Å². The Balaban J connectivity index is 1.06. The first kappa shape index (κ1) is 34.4. The number of nitrogens with zero attached hydrogens (tertiary/aromatic N) is 2. The highest BCUT2D eigenvalue weighted by atomic mass is 16.7. The number of para-hydroxylation sites is 1. The van der Waals surface area contributed by atoms with Crippen LogP contribution in [0, 0.1) is 0 Å². The summed E-state index contributed by atoms with van der Waals surface area (Å²) >= 11 is 0. The fourth-order valence-corrected chi connectivity index (χ4v) is 6.44. The molecule has 6 rings (SSSR count). The molecule has 5 heterocycles. The average molecular weight is 684 g/mol. The van der Waals surface area contributed by atoms with Gasteiger partial charge in [0.15, 0.2) is 12.4 Å². The van der Waals surface area contributed by atoms with E-state index in [0.717, 1.165) is 16.5 Å². The molecule has 0 saturated carbocycles. The zero-order valence-electron chi connectivity index (χ0n) is 26.6. The van der Waals surface area contributed by atoms with Crippen LogP contribution in [0.5, 0.6) is 0 Å². The van der Waals surface area contributed by atoms with Gasteiger partial charge in [-0.3, -0.25) is 9.59 Å². The minimum absolute atomic E-state index is 0.00770. The number of carbonyl (C=O) groups is 3. The Kier molecular flexibility index (Phi) is 9.96. The number of pyridine rings is 2. The summed E-state index contributed by atoms with van der Waals surface area (Å²) in [6.07, 6.45) is -8.25. The molecule has 262 valence electrons. The highest BCUT2D eigenvalue weighted by Crippen LogP contribution is 2.41. The van der Waals surface area contributed by atoms with Crippen LogP contribution in [0.15, 0.2) is 41.2 Å². The number of carbonyl (C=O) groups excluding carboxylic acids is 3. The Morgan fingerprint density at radius 2 is 1.92 bits per heavy atom. The molecule has 1 fully saturated rings. The van der Waals surface area contributed by atoms with Crippen molar-refractivity contribution in [3.8, 4) is 11.4 Å². The van der Waals surface area contributed by atoms with Gasteiger partial charge in [0.25, 0.3) is 5.56 Å². The molecule has 1 amide bonds. The minimum atomic E-state index is -1.81. The van der Waals surface area contributed by atoms with Crippen molar-refractivity contribution in [3.05, 3.63) is 63.4 Å². The lowest BCUT2D eigenvalue weighted by Gasteiger charge is -2.40. The SMILES string of the molecule is CC[C@@]1(OC(=O)CCCOCCO[C@H]2O[C@H](CO)[C@@H](O)[C@H](OC(N)=O)[C@@H]2O)C(=O)OCc2c1cc1n(c2=O)Cc2cc3ccccc3nc2-1. The largest absolute Gasteiger partial charge is 0.457 e. The number of hydrogen-bond donors (Lipinski definition) is 4. The normalized spacial score (nSPS) is 25.6. The standard InChI is InChI=1S/C33H37N3O13/c1-2-33(49-24(38)8-5-9-44-10-11-45-30-27(40)28(48-32(34)43)26(39)23(15-37)47-30)20-13-22-25-18(12-17-6-3-4-7-21(17)35-25)14-36(22)29(41)19(20)16-46-31(33)42/h3-4,6-7,12-13,23,26-28,30,37,39-40H,2,5,8-11,14-16H2,1H3,(H2,34,43)/t23-,26-,27+,28+,30+,33+/m1/s1. The van der Waals surface area contributed by atoms with E-state index in [-0.39, 0.29) is 56.8 Å². The van der Waals surface area contributed by atoms with Gasteiger partial charge in [0.05, 0.1) is 48.8 Å². The molecule has 0 spiro atoms. The monoisotopic (exact) mass is 683 g/mol. The van der Waals surface area contributed by atoms with Crippen molar-refractivity contribution in [1.29, 1.82) is 0 Å². The van der Waals surface area contributed by atoms with Crippen molar-refractivity contribution in [1.82, 2.24) is 9.55 Å².